The minimum atomic E-state index is -0.444. The van der Waals surface area contributed by atoms with Crippen molar-refractivity contribution in [1.82, 2.24) is 5.32 Å². The summed E-state index contributed by atoms with van der Waals surface area (Å²) in [6.45, 7) is 0. The van der Waals surface area contributed by atoms with E-state index in [1.807, 2.05) is 24.3 Å². The molecule has 0 bridgehead atoms. The number of halogens is 1. The van der Waals surface area contributed by atoms with E-state index >= 15 is 0 Å². The number of aliphatic hydroxyl groups excluding tert-OH is 1. The summed E-state index contributed by atoms with van der Waals surface area (Å²) in [6, 6.07) is 7.56. The average Bonchev–Trinajstić information content (AvgIpc) is 2.79. The van der Waals surface area contributed by atoms with Crippen molar-refractivity contribution in [3.8, 4) is 0 Å². The molecule has 1 aromatic heterocycles. The average molecular weight is 310 g/mol. The van der Waals surface area contributed by atoms with Crippen LogP contribution in [0.4, 0.5) is 0 Å². The summed E-state index contributed by atoms with van der Waals surface area (Å²) in [7, 11) is 0. The molecule has 2 atom stereocenters. The highest BCUT2D eigenvalue weighted by Gasteiger charge is 2.26. The number of carbonyl (C=O) groups excluding carboxylic acids is 1. The highest BCUT2D eigenvalue weighted by Crippen LogP contribution is 2.35. The summed E-state index contributed by atoms with van der Waals surface area (Å²) in [5.74, 6) is -0.179. The van der Waals surface area contributed by atoms with Gasteiger partial charge in [0.1, 0.15) is 4.88 Å². The van der Waals surface area contributed by atoms with Gasteiger partial charge in [-0.15, -0.1) is 11.3 Å². The maximum atomic E-state index is 12.4. The molecular formula is C15H16ClNO2S. The molecule has 1 saturated carbocycles. The third-order valence-corrected chi connectivity index (χ3v) is 5.46. The van der Waals surface area contributed by atoms with Gasteiger partial charge in [-0.05, 0) is 18.9 Å². The zero-order valence-electron chi connectivity index (χ0n) is 10.9. The predicted molar refractivity (Wildman–Crippen MR) is 82.6 cm³/mol. The Morgan fingerprint density at radius 1 is 1.30 bits per heavy atom. The fraction of sp³-hybridized carbons (Fsp3) is 0.400. The standard InChI is InChI=1S/C15H16ClNO2S/c16-13-9-5-1-4-8-12(9)20-14(13)15(19)17-10-6-2-3-7-11(10)18/h1,4-5,8,10-11,18H,2-3,6-7H2,(H,17,19)/t10-,11-/m0/s1. The Bertz CT molecular complexity index is 640. The molecule has 1 aliphatic rings. The van der Waals surface area contributed by atoms with Crippen LogP contribution in [0, 0.1) is 0 Å². The van der Waals surface area contributed by atoms with Gasteiger partial charge in [0.25, 0.3) is 5.91 Å². The molecule has 5 heteroatoms. The molecular weight excluding hydrogens is 294 g/mol. The quantitative estimate of drug-likeness (QED) is 0.890. The first-order chi connectivity index (χ1) is 9.66. The number of hydrogen-bond acceptors (Lipinski definition) is 3. The maximum absolute atomic E-state index is 12.4. The summed E-state index contributed by atoms with van der Waals surface area (Å²) < 4.78 is 1.01. The number of hydrogen-bond donors (Lipinski definition) is 2. The van der Waals surface area contributed by atoms with Crippen LogP contribution in [0.15, 0.2) is 24.3 Å². The Morgan fingerprint density at radius 3 is 2.80 bits per heavy atom. The van der Waals surface area contributed by atoms with Crippen LogP contribution in [0.5, 0.6) is 0 Å². The van der Waals surface area contributed by atoms with Crippen LogP contribution in [0.25, 0.3) is 10.1 Å². The van der Waals surface area contributed by atoms with Crippen molar-refractivity contribution in [3.63, 3.8) is 0 Å². The van der Waals surface area contributed by atoms with Crippen LogP contribution in [-0.2, 0) is 0 Å². The molecule has 2 aromatic rings. The molecule has 1 fully saturated rings. The van der Waals surface area contributed by atoms with E-state index in [2.05, 4.69) is 5.32 Å². The fourth-order valence-corrected chi connectivity index (χ4v) is 4.09. The van der Waals surface area contributed by atoms with Gasteiger partial charge in [-0.2, -0.15) is 0 Å². The van der Waals surface area contributed by atoms with Gasteiger partial charge in [0.05, 0.1) is 17.2 Å². The van der Waals surface area contributed by atoms with Crippen molar-refractivity contribution in [1.29, 1.82) is 0 Å². The first kappa shape index (κ1) is 13.9. The lowest BCUT2D eigenvalue weighted by Gasteiger charge is -2.28. The molecule has 1 amide bonds. The van der Waals surface area contributed by atoms with Gasteiger partial charge in [-0.1, -0.05) is 42.6 Å². The minimum Gasteiger partial charge on any atom is -0.391 e. The Hall–Kier alpha value is -1.10. The molecule has 1 heterocycles. The summed E-state index contributed by atoms with van der Waals surface area (Å²) in [5, 5.41) is 14.3. The second-order valence-electron chi connectivity index (χ2n) is 5.17. The smallest absolute Gasteiger partial charge is 0.263 e. The molecule has 0 saturated heterocycles. The normalized spacial score (nSPS) is 22.9. The third-order valence-electron chi connectivity index (χ3n) is 3.79. The second kappa shape index (κ2) is 5.72. The number of aliphatic hydroxyl groups is 1. The van der Waals surface area contributed by atoms with Crippen molar-refractivity contribution in [2.24, 2.45) is 0 Å². The highest BCUT2D eigenvalue weighted by atomic mass is 35.5. The van der Waals surface area contributed by atoms with Crippen LogP contribution in [-0.4, -0.2) is 23.2 Å². The van der Waals surface area contributed by atoms with E-state index in [0.717, 1.165) is 35.8 Å². The Balaban J connectivity index is 1.83. The number of benzene rings is 1. The molecule has 0 aliphatic heterocycles. The minimum absolute atomic E-state index is 0.155. The van der Waals surface area contributed by atoms with Crippen molar-refractivity contribution in [3.05, 3.63) is 34.2 Å². The van der Waals surface area contributed by atoms with Gasteiger partial charge in [-0.3, -0.25) is 4.79 Å². The lowest BCUT2D eigenvalue weighted by molar-refractivity contribution is 0.0720. The van der Waals surface area contributed by atoms with E-state index in [-0.39, 0.29) is 11.9 Å². The van der Waals surface area contributed by atoms with E-state index < -0.39 is 6.10 Å². The number of carbonyl (C=O) groups is 1. The summed E-state index contributed by atoms with van der Waals surface area (Å²) >= 11 is 7.69. The molecule has 3 rings (SSSR count). The Labute approximate surface area is 126 Å². The van der Waals surface area contributed by atoms with Crippen LogP contribution in [0.3, 0.4) is 0 Å². The zero-order valence-corrected chi connectivity index (χ0v) is 12.5. The molecule has 0 unspecified atom stereocenters. The fourth-order valence-electron chi connectivity index (χ4n) is 2.67. The van der Waals surface area contributed by atoms with Crippen LogP contribution >= 0.6 is 22.9 Å². The molecule has 3 nitrogen and oxygen atoms in total. The molecule has 20 heavy (non-hydrogen) atoms. The summed E-state index contributed by atoms with van der Waals surface area (Å²) in [5.41, 5.74) is 0. The lowest BCUT2D eigenvalue weighted by atomic mass is 9.92. The van der Waals surface area contributed by atoms with Gasteiger partial charge < -0.3 is 10.4 Å². The predicted octanol–water partition coefficient (Wildman–Crippen LogP) is 3.59. The second-order valence-corrected chi connectivity index (χ2v) is 6.60. The van der Waals surface area contributed by atoms with E-state index in [9.17, 15) is 9.90 Å². The van der Waals surface area contributed by atoms with Gasteiger partial charge in [-0.25, -0.2) is 0 Å². The number of nitrogens with one attached hydrogen (secondary N) is 1. The highest BCUT2D eigenvalue weighted by molar-refractivity contribution is 7.21. The monoisotopic (exact) mass is 309 g/mol. The first-order valence-corrected chi connectivity index (χ1v) is 8.02. The van der Waals surface area contributed by atoms with Crippen molar-refractivity contribution >= 4 is 38.9 Å². The van der Waals surface area contributed by atoms with E-state index in [1.165, 1.54) is 11.3 Å². The number of rotatable bonds is 2. The summed E-state index contributed by atoms with van der Waals surface area (Å²) in [4.78, 5) is 12.9. The lowest BCUT2D eigenvalue weighted by Crippen LogP contribution is -2.44. The first-order valence-electron chi connectivity index (χ1n) is 6.83. The molecule has 1 aromatic carbocycles. The Kier molecular flexibility index (Phi) is 3.96. The van der Waals surface area contributed by atoms with Gasteiger partial charge in [0, 0.05) is 10.1 Å². The molecule has 1 aliphatic carbocycles. The number of amides is 1. The number of fused-ring (bicyclic) bond motifs is 1. The zero-order chi connectivity index (χ0) is 14.1. The van der Waals surface area contributed by atoms with Crippen molar-refractivity contribution in [2.45, 2.75) is 37.8 Å². The van der Waals surface area contributed by atoms with Crippen molar-refractivity contribution in [2.75, 3.05) is 0 Å². The van der Waals surface area contributed by atoms with E-state index in [1.54, 1.807) is 0 Å². The maximum Gasteiger partial charge on any atom is 0.263 e. The largest absolute Gasteiger partial charge is 0.391 e. The summed E-state index contributed by atoms with van der Waals surface area (Å²) in [6.07, 6.45) is 3.21. The molecule has 2 N–H and O–H groups in total. The van der Waals surface area contributed by atoms with Crippen molar-refractivity contribution < 1.29 is 9.90 Å². The van der Waals surface area contributed by atoms with E-state index in [0.29, 0.717) is 9.90 Å². The number of thiophene rings is 1. The van der Waals surface area contributed by atoms with Crippen LogP contribution in [0.1, 0.15) is 35.4 Å². The Morgan fingerprint density at radius 2 is 2.05 bits per heavy atom. The molecule has 106 valence electrons. The molecule has 0 radical (unpaired) electrons. The van der Waals surface area contributed by atoms with E-state index in [4.69, 9.17) is 11.6 Å². The van der Waals surface area contributed by atoms with Gasteiger partial charge in [0.15, 0.2) is 0 Å². The third kappa shape index (κ3) is 2.55. The SMILES string of the molecule is O=C(N[C@H]1CCCC[C@@H]1O)c1sc2ccccc2c1Cl. The van der Waals surface area contributed by atoms with Crippen LogP contribution < -0.4 is 5.32 Å². The van der Waals surface area contributed by atoms with Gasteiger partial charge >= 0.3 is 0 Å². The van der Waals surface area contributed by atoms with Gasteiger partial charge in [0.2, 0.25) is 0 Å². The van der Waals surface area contributed by atoms with Crippen LogP contribution in [0.2, 0.25) is 5.02 Å². The topological polar surface area (TPSA) is 49.3 Å². The molecule has 0 spiro atoms.